The summed E-state index contributed by atoms with van der Waals surface area (Å²) in [7, 11) is 0. The van der Waals surface area contributed by atoms with E-state index in [9.17, 15) is 19.7 Å². The Kier molecular flexibility index (Phi) is 5.20. The largest absolute Gasteiger partial charge is 0.324 e. The normalized spacial score (nSPS) is 13.2. The molecule has 5 rings (SSSR count). The van der Waals surface area contributed by atoms with E-state index in [0.29, 0.717) is 10.9 Å². The Morgan fingerprint density at radius 3 is 2.68 bits per heavy atom. The van der Waals surface area contributed by atoms with Gasteiger partial charge in [-0.15, -0.1) is 0 Å². The smallest absolute Gasteiger partial charge is 0.293 e. The fourth-order valence-electron chi connectivity index (χ4n) is 3.95. The Hall–Kier alpha value is -4.34. The van der Waals surface area contributed by atoms with Crippen LogP contribution in [0.4, 0.5) is 11.4 Å². The van der Waals surface area contributed by atoms with E-state index >= 15 is 0 Å². The SMILES string of the molecule is Cc1ccc(-n2ncc3c(C4CC4)nn(CC(=O)Nc4cccc([N+](=O)[O-])c4)c(=O)c32)cc1C. The highest BCUT2D eigenvalue weighted by molar-refractivity contribution is 5.91. The number of fused-ring (bicyclic) bond motifs is 1. The van der Waals surface area contributed by atoms with Crippen molar-refractivity contribution in [3.63, 3.8) is 0 Å². The maximum atomic E-state index is 13.4. The van der Waals surface area contributed by atoms with Crippen LogP contribution >= 0.6 is 0 Å². The molecule has 10 heteroatoms. The molecule has 1 aliphatic rings. The molecule has 0 spiro atoms. The number of amides is 1. The number of carbonyl (C=O) groups excluding carboxylic acids is 1. The van der Waals surface area contributed by atoms with E-state index < -0.39 is 16.4 Å². The lowest BCUT2D eigenvalue weighted by molar-refractivity contribution is -0.384. The average Bonchev–Trinajstić information content (AvgIpc) is 3.55. The molecular weight excluding hydrogens is 436 g/mol. The molecule has 2 aromatic carbocycles. The van der Waals surface area contributed by atoms with Crippen molar-refractivity contribution in [2.24, 2.45) is 0 Å². The van der Waals surface area contributed by atoms with Crippen LogP contribution < -0.4 is 10.9 Å². The summed E-state index contributed by atoms with van der Waals surface area (Å²) in [6, 6.07) is 11.5. The number of hydrogen-bond acceptors (Lipinski definition) is 6. The number of nitrogens with one attached hydrogen (secondary N) is 1. The number of carbonyl (C=O) groups is 1. The average molecular weight is 458 g/mol. The number of hydrogen-bond donors (Lipinski definition) is 1. The van der Waals surface area contributed by atoms with E-state index in [-0.39, 0.29) is 23.8 Å². The van der Waals surface area contributed by atoms with Gasteiger partial charge in [0.05, 0.1) is 22.5 Å². The molecule has 172 valence electrons. The van der Waals surface area contributed by atoms with Crippen molar-refractivity contribution in [3.8, 4) is 5.69 Å². The molecule has 34 heavy (non-hydrogen) atoms. The Labute approximate surface area is 194 Å². The van der Waals surface area contributed by atoms with Gasteiger partial charge in [-0.25, -0.2) is 9.36 Å². The lowest BCUT2D eigenvalue weighted by atomic mass is 10.1. The van der Waals surface area contributed by atoms with E-state index in [2.05, 4.69) is 15.5 Å². The van der Waals surface area contributed by atoms with Crippen LogP contribution in [0, 0.1) is 24.0 Å². The van der Waals surface area contributed by atoms with Crippen molar-refractivity contribution in [3.05, 3.63) is 86.0 Å². The first kappa shape index (κ1) is 21.5. The fourth-order valence-corrected chi connectivity index (χ4v) is 3.95. The number of rotatable bonds is 6. The van der Waals surface area contributed by atoms with E-state index in [1.54, 1.807) is 16.9 Å². The highest BCUT2D eigenvalue weighted by Crippen LogP contribution is 2.41. The molecule has 0 aliphatic heterocycles. The second-order valence-electron chi connectivity index (χ2n) is 8.57. The summed E-state index contributed by atoms with van der Waals surface area (Å²) >= 11 is 0. The molecule has 0 unspecified atom stereocenters. The fraction of sp³-hybridized carbons (Fsp3) is 0.250. The lowest BCUT2D eigenvalue weighted by Crippen LogP contribution is -2.31. The summed E-state index contributed by atoms with van der Waals surface area (Å²) in [6.45, 7) is 3.69. The van der Waals surface area contributed by atoms with E-state index in [1.165, 1.54) is 18.2 Å². The Morgan fingerprint density at radius 1 is 1.18 bits per heavy atom. The number of benzene rings is 2. The Bertz CT molecular complexity index is 1520. The van der Waals surface area contributed by atoms with Crippen LogP contribution in [-0.4, -0.2) is 30.4 Å². The van der Waals surface area contributed by atoms with Crippen LogP contribution in [0.3, 0.4) is 0 Å². The zero-order valence-corrected chi connectivity index (χ0v) is 18.7. The van der Waals surface area contributed by atoms with Gasteiger partial charge >= 0.3 is 0 Å². The topological polar surface area (TPSA) is 125 Å². The molecule has 1 saturated carbocycles. The van der Waals surface area contributed by atoms with E-state index in [4.69, 9.17) is 0 Å². The second kappa shape index (κ2) is 8.22. The second-order valence-corrected chi connectivity index (χ2v) is 8.57. The predicted octanol–water partition coefficient (Wildman–Crippen LogP) is 3.62. The summed E-state index contributed by atoms with van der Waals surface area (Å²) in [5.74, 6) is -0.278. The summed E-state index contributed by atoms with van der Waals surface area (Å²) < 4.78 is 2.76. The summed E-state index contributed by atoms with van der Waals surface area (Å²) in [4.78, 5) is 36.6. The number of nitro groups is 1. The van der Waals surface area contributed by atoms with Crippen LogP contribution in [0.2, 0.25) is 0 Å². The van der Waals surface area contributed by atoms with Crippen molar-refractivity contribution < 1.29 is 9.72 Å². The van der Waals surface area contributed by atoms with Gasteiger partial charge in [-0.2, -0.15) is 10.2 Å². The van der Waals surface area contributed by atoms with Crippen molar-refractivity contribution >= 4 is 28.2 Å². The van der Waals surface area contributed by atoms with Crippen molar-refractivity contribution in [1.29, 1.82) is 0 Å². The van der Waals surface area contributed by atoms with Crippen molar-refractivity contribution in [2.75, 3.05) is 5.32 Å². The molecular formula is C24H22N6O4. The Balaban J connectivity index is 1.53. The zero-order chi connectivity index (χ0) is 24.0. The molecule has 10 nitrogen and oxygen atoms in total. The third-order valence-electron chi connectivity index (χ3n) is 6.04. The minimum absolute atomic E-state index is 0.136. The number of aromatic nitrogens is 4. The first-order chi connectivity index (χ1) is 16.3. The zero-order valence-electron chi connectivity index (χ0n) is 18.7. The van der Waals surface area contributed by atoms with Gasteiger partial charge < -0.3 is 5.32 Å². The Morgan fingerprint density at radius 2 is 1.97 bits per heavy atom. The molecule has 1 amide bonds. The molecule has 4 aromatic rings. The van der Waals surface area contributed by atoms with Gasteiger partial charge in [-0.3, -0.25) is 19.7 Å². The monoisotopic (exact) mass is 458 g/mol. The molecule has 1 N–H and O–H groups in total. The minimum Gasteiger partial charge on any atom is -0.324 e. The molecule has 2 heterocycles. The van der Waals surface area contributed by atoms with Gasteiger partial charge in [-0.1, -0.05) is 12.1 Å². The number of nitrogens with zero attached hydrogens (tertiary/aromatic N) is 5. The van der Waals surface area contributed by atoms with Crippen molar-refractivity contribution in [1.82, 2.24) is 19.6 Å². The van der Waals surface area contributed by atoms with Crippen LogP contribution in [0.1, 0.15) is 35.6 Å². The molecule has 0 radical (unpaired) electrons. The molecule has 2 aromatic heterocycles. The molecule has 1 aliphatic carbocycles. The number of non-ortho nitro benzene ring substituents is 1. The van der Waals surface area contributed by atoms with Gasteiger partial charge in [0.1, 0.15) is 12.1 Å². The van der Waals surface area contributed by atoms with Gasteiger partial charge in [0.15, 0.2) is 0 Å². The first-order valence-electron chi connectivity index (χ1n) is 10.9. The van der Waals surface area contributed by atoms with Gasteiger partial charge in [0, 0.05) is 29.1 Å². The van der Waals surface area contributed by atoms with Gasteiger partial charge in [0.25, 0.3) is 11.2 Å². The highest BCUT2D eigenvalue weighted by Gasteiger charge is 2.30. The van der Waals surface area contributed by atoms with E-state index in [0.717, 1.165) is 40.0 Å². The number of nitro benzene ring substituents is 1. The number of aryl methyl sites for hydroxylation is 2. The van der Waals surface area contributed by atoms with E-state index in [1.807, 2.05) is 32.0 Å². The summed E-state index contributed by atoms with van der Waals surface area (Å²) in [5.41, 5.74) is 3.82. The van der Waals surface area contributed by atoms with Crippen LogP contribution in [0.5, 0.6) is 0 Å². The van der Waals surface area contributed by atoms with Crippen LogP contribution in [0.25, 0.3) is 16.6 Å². The molecule has 0 atom stereocenters. The predicted molar refractivity (Wildman–Crippen MR) is 126 cm³/mol. The minimum atomic E-state index is -0.536. The third kappa shape index (κ3) is 3.94. The maximum Gasteiger partial charge on any atom is 0.293 e. The van der Waals surface area contributed by atoms with Gasteiger partial charge in [-0.05, 0) is 56.0 Å². The third-order valence-corrected chi connectivity index (χ3v) is 6.04. The quantitative estimate of drug-likeness (QED) is 0.347. The van der Waals surface area contributed by atoms with Crippen molar-refractivity contribution in [2.45, 2.75) is 39.2 Å². The summed E-state index contributed by atoms with van der Waals surface area (Å²) in [5, 5.41) is 23.3. The van der Waals surface area contributed by atoms with Crippen LogP contribution in [-0.2, 0) is 11.3 Å². The lowest BCUT2D eigenvalue weighted by Gasteiger charge is -2.11. The molecule has 1 fully saturated rings. The highest BCUT2D eigenvalue weighted by atomic mass is 16.6. The molecule has 0 bridgehead atoms. The first-order valence-corrected chi connectivity index (χ1v) is 10.9. The maximum absolute atomic E-state index is 13.4. The molecule has 0 saturated heterocycles. The number of anilines is 1. The van der Waals surface area contributed by atoms with Crippen LogP contribution in [0.15, 0.2) is 53.5 Å². The summed E-state index contributed by atoms with van der Waals surface area (Å²) in [6.07, 6.45) is 3.60. The van der Waals surface area contributed by atoms with Gasteiger partial charge in [0.2, 0.25) is 5.91 Å². The standard InChI is InChI=1S/C24H22N6O4/c1-14-6-9-18(10-15(14)2)29-23-20(12-25-29)22(16-7-8-16)27-28(24(23)32)13-21(31)26-17-4-3-5-19(11-17)30(33)34/h3-6,9-12,16H,7-8,13H2,1-2H3,(H,26,31).